The van der Waals surface area contributed by atoms with Gasteiger partial charge >= 0.3 is 12.0 Å². The summed E-state index contributed by atoms with van der Waals surface area (Å²) in [6.45, 7) is 2.13. The summed E-state index contributed by atoms with van der Waals surface area (Å²) in [5, 5.41) is 15.4. The molecule has 1 saturated heterocycles. The largest absolute Gasteiger partial charge is 0.481 e. The molecule has 2 atom stereocenters. The molecule has 9 nitrogen and oxygen atoms in total. The Balaban J connectivity index is 1.68. The van der Waals surface area contributed by atoms with Crippen LogP contribution in [-0.4, -0.2) is 58.0 Å². The minimum Gasteiger partial charge on any atom is -0.481 e. The zero-order valence-corrected chi connectivity index (χ0v) is 22.4. The summed E-state index contributed by atoms with van der Waals surface area (Å²) in [6, 6.07) is 16.8. The van der Waals surface area contributed by atoms with Crippen molar-refractivity contribution in [1.82, 2.24) is 15.1 Å². The standard InChI is InChI=1S/C29H28ClFN4O5/c1-18-5-2-6-20(15-18)24(17-25(36)37)33-26(38)27-34(28(39)19-9-11-22(31)12-10-19)13-4-14-35(27)29(40)32-23-8-3-7-21(30)16-23/h2-3,5-12,15-16,24,27H,4,13-14,17H2,1H3,(H,32,40)(H,33,38)(H,36,37). The number of hydrogen-bond acceptors (Lipinski definition) is 4. The number of nitrogens with zero attached hydrogens (tertiary/aromatic N) is 2. The van der Waals surface area contributed by atoms with Crippen LogP contribution in [0.2, 0.25) is 5.02 Å². The summed E-state index contributed by atoms with van der Waals surface area (Å²) in [7, 11) is 0. The molecule has 1 aliphatic heterocycles. The Hall–Kier alpha value is -4.44. The van der Waals surface area contributed by atoms with Crippen molar-refractivity contribution in [3.63, 3.8) is 0 Å². The quantitative estimate of drug-likeness (QED) is 0.379. The lowest BCUT2D eigenvalue weighted by Gasteiger charge is -2.43. The Kier molecular flexibility index (Phi) is 9.00. The smallest absolute Gasteiger partial charge is 0.323 e. The number of carbonyl (C=O) groups excluding carboxylic acids is 3. The Labute approximate surface area is 235 Å². The SMILES string of the molecule is Cc1cccc(C(CC(=O)O)NC(=O)C2N(C(=O)Nc3cccc(Cl)c3)CCCN2C(=O)c2ccc(F)cc2)c1. The number of carboxylic acids is 1. The van der Waals surface area contributed by atoms with E-state index in [-0.39, 0.29) is 18.7 Å². The lowest BCUT2D eigenvalue weighted by molar-refractivity contribution is -0.138. The van der Waals surface area contributed by atoms with Gasteiger partial charge in [0, 0.05) is 29.4 Å². The Bertz CT molecular complexity index is 1420. The van der Waals surface area contributed by atoms with Gasteiger partial charge in [-0.1, -0.05) is 47.5 Å². The second-order valence-corrected chi connectivity index (χ2v) is 9.88. The monoisotopic (exact) mass is 566 g/mol. The predicted molar refractivity (Wildman–Crippen MR) is 147 cm³/mol. The lowest BCUT2D eigenvalue weighted by atomic mass is 10.0. The molecule has 4 amide bonds. The first-order valence-corrected chi connectivity index (χ1v) is 13.0. The number of nitrogens with one attached hydrogen (secondary N) is 2. The Morgan fingerprint density at radius 2 is 1.70 bits per heavy atom. The molecule has 3 N–H and O–H groups in total. The molecule has 0 aliphatic carbocycles. The van der Waals surface area contributed by atoms with Gasteiger partial charge < -0.3 is 20.6 Å². The van der Waals surface area contributed by atoms with Gasteiger partial charge in [0.2, 0.25) is 0 Å². The topological polar surface area (TPSA) is 119 Å². The fourth-order valence-corrected chi connectivity index (χ4v) is 4.80. The summed E-state index contributed by atoms with van der Waals surface area (Å²) in [6.07, 6.45) is -1.45. The summed E-state index contributed by atoms with van der Waals surface area (Å²) in [5.41, 5.74) is 1.97. The third kappa shape index (κ3) is 6.95. The van der Waals surface area contributed by atoms with Crippen LogP contribution in [0.3, 0.4) is 0 Å². The normalized spacial score (nSPS) is 15.7. The Morgan fingerprint density at radius 3 is 2.38 bits per heavy atom. The van der Waals surface area contributed by atoms with Gasteiger partial charge in [-0.3, -0.25) is 19.3 Å². The number of amides is 4. The molecule has 2 unspecified atom stereocenters. The molecule has 0 spiro atoms. The highest BCUT2D eigenvalue weighted by molar-refractivity contribution is 6.30. The van der Waals surface area contributed by atoms with E-state index in [1.165, 1.54) is 21.9 Å². The average Bonchev–Trinajstić information content (AvgIpc) is 2.92. The highest BCUT2D eigenvalue weighted by Crippen LogP contribution is 2.24. The molecule has 4 rings (SSSR count). The molecule has 11 heteroatoms. The van der Waals surface area contributed by atoms with Crippen molar-refractivity contribution >= 4 is 41.1 Å². The van der Waals surface area contributed by atoms with Crippen LogP contribution in [0.25, 0.3) is 0 Å². The van der Waals surface area contributed by atoms with Crippen molar-refractivity contribution in [1.29, 1.82) is 0 Å². The molecule has 3 aromatic rings. The van der Waals surface area contributed by atoms with E-state index in [4.69, 9.17) is 11.6 Å². The number of rotatable bonds is 7. The van der Waals surface area contributed by atoms with Gasteiger partial charge in [-0.25, -0.2) is 9.18 Å². The molecule has 40 heavy (non-hydrogen) atoms. The molecule has 1 fully saturated rings. The fourth-order valence-electron chi connectivity index (χ4n) is 4.61. The maximum atomic E-state index is 13.9. The molecular weight excluding hydrogens is 539 g/mol. The van der Waals surface area contributed by atoms with Crippen LogP contribution in [0.4, 0.5) is 14.9 Å². The summed E-state index contributed by atoms with van der Waals surface area (Å²) in [5.74, 6) is -2.97. The van der Waals surface area contributed by atoms with Crippen molar-refractivity contribution in [3.8, 4) is 0 Å². The summed E-state index contributed by atoms with van der Waals surface area (Å²) in [4.78, 5) is 55.0. The van der Waals surface area contributed by atoms with Crippen molar-refractivity contribution < 1.29 is 28.7 Å². The number of carbonyl (C=O) groups is 4. The van der Waals surface area contributed by atoms with Gasteiger partial charge in [-0.2, -0.15) is 0 Å². The van der Waals surface area contributed by atoms with Crippen molar-refractivity contribution in [2.24, 2.45) is 0 Å². The zero-order chi connectivity index (χ0) is 28.8. The predicted octanol–water partition coefficient (Wildman–Crippen LogP) is 4.83. The van der Waals surface area contributed by atoms with Crippen LogP contribution in [0.5, 0.6) is 0 Å². The van der Waals surface area contributed by atoms with E-state index in [2.05, 4.69) is 10.6 Å². The first kappa shape index (κ1) is 28.6. The zero-order valence-electron chi connectivity index (χ0n) is 21.6. The second kappa shape index (κ2) is 12.6. The maximum absolute atomic E-state index is 13.9. The number of anilines is 1. The molecule has 0 saturated carbocycles. The molecule has 0 radical (unpaired) electrons. The highest BCUT2D eigenvalue weighted by atomic mass is 35.5. The van der Waals surface area contributed by atoms with E-state index in [0.29, 0.717) is 22.7 Å². The summed E-state index contributed by atoms with van der Waals surface area (Å²) >= 11 is 6.05. The summed E-state index contributed by atoms with van der Waals surface area (Å²) < 4.78 is 13.5. The van der Waals surface area contributed by atoms with E-state index < -0.39 is 48.3 Å². The van der Waals surface area contributed by atoms with Gasteiger partial charge in [0.25, 0.3) is 11.8 Å². The minimum atomic E-state index is -1.41. The van der Waals surface area contributed by atoms with E-state index in [1.807, 2.05) is 13.0 Å². The van der Waals surface area contributed by atoms with Crippen LogP contribution < -0.4 is 10.6 Å². The molecule has 3 aromatic carbocycles. The highest BCUT2D eigenvalue weighted by Gasteiger charge is 2.41. The first-order valence-electron chi connectivity index (χ1n) is 12.6. The number of benzene rings is 3. The van der Waals surface area contributed by atoms with E-state index in [1.54, 1.807) is 42.5 Å². The molecule has 1 aliphatic rings. The first-order chi connectivity index (χ1) is 19.1. The van der Waals surface area contributed by atoms with E-state index in [0.717, 1.165) is 17.7 Å². The number of aryl methyl sites for hydroxylation is 1. The van der Waals surface area contributed by atoms with Crippen molar-refractivity contribution in [2.45, 2.75) is 32.0 Å². The Morgan fingerprint density at radius 1 is 1.00 bits per heavy atom. The van der Waals surface area contributed by atoms with Gasteiger partial charge in [-0.05, 0) is 61.4 Å². The van der Waals surface area contributed by atoms with Crippen LogP contribution in [0.15, 0.2) is 72.8 Å². The van der Waals surface area contributed by atoms with Crippen LogP contribution in [0, 0.1) is 12.7 Å². The average molecular weight is 567 g/mol. The van der Waals surface area contributed by atoms with Gasteiger partial charge in [0.05, 0.1) is 12.5 Å². The number of aliphatic carboxylic acids is 1. The molecule has 0 bridgehead atoms. The van der Waals surface area contributed by atoms with Crippen LogP contribution in [-0.2, 0) is 9.59 Å². The fraction of sp³-hybridized carbons (Fsp3) is 0.241. The van der Waals surface area contributed by atoms with Gasteiger partial charge in [-0.15, -0.1) is 0 Å². The van der Waals surface area contributed by atoms with E-state index in [9.17, 15) is 28.7 Å². The molecule has 208 valence electrons. The van der Waals surface area contributed by atoms with Crippen LogP contribution in [0.1, 0.15) is 40.4 Å². The number of carboxylic acid groups (broad SMARTS) is 1. The van der Waals surface area contributed by atoms with Gasteiger partial charge in [0.1, 0.15) is 5.82 Å². The number of halogens is 2. The maximum Gasteiger partial charge on any atom is 0.323 e. The van der Waals surface area contributed by atoms with E-state index >= 15 is 0 Å². The number of hydrogen-bond donors (Lipinski definition) is 3. The van der Waals surface area contributed by atoms with Crippen LogP contribution >= 0.6 is 11.6 Å². The van der Waals surface area contributed by atoms with Crippen molar-refractivity contribution in [3.05, 3.63) is 100 Å². The number of urea groups is 1. The second-order valence-electron chi connectivity index (χ2n) is 9.44. The van der Waals surface area contributed by atoms with Crippen molar-refractivity contribution in [2.75, 3.05) is 18.4 Å². The minimum absolute atomic E-state index is 0.136. The molecular formula is C29H28ClFN4O5. The third-order valence-corrected chi connectivity index (χ3v) is 6.69. The lowest BCUT2D eigenvalue weighted by Crippen LogP contribution is -2.64. The van der Waals surface area contributed by atoms with Gasteiger partial charge in [0.15, 0.2) is 6.17 Å². The molecule has 0 aromatic heterocycles. The molecule has 1 heterocycles. The third-order valence-electron chi connectivity index (χ3n) is 6.45.